The molecule has 5 nitrogen and oxygen atoms in total. The van der Waals surface area contributed by atoms with Crippen LogP contribution in [-0.2, 0) is 0 Å². The van der Waals surface area contributed by atoms with Gasteiger partial charge in [0.25, 0.3) is 0 Å². The average Bonchev–Trinajstić information content (AvgIpc) is 2.90. The molecule has 0 N–H and O–H groups in total. The molecule has 0 fully saturated rings. The molecular weight excluding hydrogens is 306 g/mol. The van der Waals surface area contributed by atoms with E-state index in [-0.39, 0.29) is 18.1 Å². The molecule has 0 saturated heterocycles. The lowest BCUT2D eigenvalue weighted by molar-refractivity contribution is 0.101. The number of hydrogen-bond donors (Lipinski definition) is 0. The third kappa shape index (κ3) is 3.23. The Morgan fingerprint density at radius 1 is 1.12 bits per heavy atom. The first kappa shape index (κ1) is 15.6. The summed E-state index contributed by atoms with van der Waals surface area (Å²) in [7, 11) is 0. The molecule has 0 aliphatic carbocycles. The van der Waals surface area contributed by atoms with Crippen molar-refractivity contribution >= 4 is 11.9 Å². The van der Waals surface area contributed by atoms with Crippen molar-refractivity contribution in [3.05, 3.63) is 59.4 Å². The Labute approximate surface area is 139 Å². The molecule has 0 bridgehead atoms. The summed E-state index contributed by atoms with van der Waals surface area (Å²) in [5, 5.41) is 8.54. The second-order valence-electron chi connectivity index (χ2n) is 5.05. The molecule has 0 aromatic heterocycles. The number of allylic oxidation sites excluding steroid dienone is 1. The van der Waals surface area contributed by atoms with Gasteiger partial charge in [0, 0.05) is 6.07 Å². The topological polar surface area (TPSA) is 68.6 Å². The van der Waals surface area contributed by atoms with Gasteiger partial charge in [0.1, 0.15) is 23.3 Å². The van der Waals surface area contributed by atoms with Gasteiger partial charge in [0.05, 0.1) is 12.2 Å². The van der Waals surface area contributed by atoms with Gasteiger partial charge < -0.3 is 14.2 Å². The number of carbonyl (C=O) groups excluding carboxylic acids is 1. The fraction of sp³-hybridized carbons (Fsp3) is 0.158. The van der Waals surface area contributed by atoms with Crippen molar-refractivity contribution in [3.8, 4) is 23.3 Å². The molecule has 0 spiro atoms. The Balaban J connectivity index is 1.80. The number of Topliss-reactive ketones (excluding diaryl/α,β-unsaturated/α-hetero) is 1. The molecule has 0 saturated carbocycles. The van der Waals surface area contributed by atoms with Gasteiger partial charge in [-0.3, -0.25) is 4.79 Å². The van der Waals surface area contributed by atoms with Crippen LogP contribution in [0.2, 0.25) is 0 Å². The number of nitrogens with zero attached hydrogens (tertiary/aromatic N) is 1. The zero-order valence-electron chi connectivity index (χ0n) is 13.1. The van der Waals surface area contributed by atoms with Crippen LogP contribution in [-0.4, -0.2) is 19.0 Å². The van der Waals surface area contributed by atoms with Crippen molar-refractivity contribution in [3.63, 3.8) is 0 Å². The Morgan fingerprint density at radius 3 is 2.58 bits per heavy atom. The summed E-state index contributed by atoms with van der Waals surface area (Å²) in [5.74, 6) is 1.79. The first-order chi connectivity index (χ1) is 11.7. The first-order valence-corrected chi connectivity index (χ1v) is 7.52. The quantitative estimate of drug-likeness (QED) is 0.787. The summed E-state index contributed by atoms with van der Waals surface area (Å²) in [6.45, 7) is 2.47. The number of rotatable bonds is 5. The maximum atomic E-state index is 12.4. The highest BCUT2D eigenvalue weighted by atomic mass is 16.5. The molecule has 0 radical (unpaired) electrons. The highest BCUT2D eigenvalue weighted by Gasteiger charge is 2.27. The average molecular weight is 321 g/mol. The number of carbonyl (C=O) groups is 1. The van der Waals surface area contributed by atoms with Crippen LogP contribution in [0.5, 0.6) is 17.2 Å². The summed E-state index contributed by atoms with van der Waals surface area (Å²) in [6, 6.07) is 14.2. The predicted molar refractivity (Wildman–Crippen MR) is 88.1 cm³/mol. The molecule has 5 heteroatoms. The van der Waals surface area contributed by atoms with Crippen LogP contribution in [0.4, 0.5) is 0 Å². The second-order valence-corrected chi connectivity index (χ2v) is 5.05. The van der Waals surface area contributed by atoms with Crippen LogP contribution < -0.4 is 14.2 Å². The molecule has 1 heterocycles. The van der Waals surface area contributed by atoms with E-state index in [1.807, 2.05) is 37.3 Å². The molecule has 1 aliphatic rings. The summed E-state index contributed by atoms with van der Waals surface area (Å²) in [6.07, 6.45) is 1.69. The van der Waals surface area contributed by atoms with Crippen molar-refractivity contribution in [1.29, 1.82) is 5.26 Å². The summed E-state index contributed by atoms with van der Waals surface area (Å²) >= 11 is 0. The highest BCUT2D eigenvalue weighted by molar-refractivity contribution is 6.14. The number of ketones is 1. The molecule has 2 aromatic carbocycles. The predicted octanol–water partition coefficient (Wildman–Crippen LogP) is 3.60. The molecule has 24 heavy (non-hydrogen) atoms. The molecule has 0 atom stereocenters. The third-order valence-electron chi connectivity index (χ3n) is 3.43. The van der Waals surface area contributed by atoms with Gasteiger partial charge in [-0.15, -0.1) is 0 Å². The van der Waals surface area contributed by atoms with Crippen LogP contribution in [0.15, 0.2) is 48.2 Å². The number of ether oxygens (including phenoxy) is 3. The number of benzene rings is 2. The first-order valence-electron chi connectivity index (χ1n) is 7.52. The number of hydrogen-bond acceptors (Lipinski definition) is 5. The maximum absolute atomic E-state index is 12.4. The second kappa shape index (κ2) is 6.88. The van der Waals surface area contributed by atoms with E-state index in [4.69, 9.17) is 19.5 Å². The van der Waals surface area contributed by atoms with Crippen LogP contribution in [0, 0.1) is 11.3 Å². The zero-order valence-corrected chi connectivity index (χ0v) is 13.1. The lowest BCUT2D eigenvalue weighted by Gasteiger charge is -2.04. The van der Waals surface area contributed by atoms with Crippen LogP contribution in [0.1, 0.15) is 22.8 Å². The molecule has 0 amide bonds. The standard InChI is InChI=1S/C19H15NO4/c1-2-22-14-5-3-13(4-6-14)11-18-19(21)16-8-7-15(23-10-9-20)12-17(16)24-18/h3-8,11-12H,2,10H2,1H3/b18-11-. The minimum absolute atomic E-state index is 0.0540. The van der Waals surface area contributed by atoms with Gasteiger partial charge in [0.15, 0.2) is 12.4 Å². The highest BCUT2D eigenvalue weighted by Crippen LogP contribution is 2.34. The van der Waals surface area contributed by atoms with Gasteiger partial charge in [-0.1, -0.05) is 12.1 Å². The smallest absolute Gasteiger partial charge is 0.231 e. The summed E-state index contributed by atoms with van der Waals surface area (Å²) < 4.78 is 16.3. The Kier molecular flexibility index (Phi) is 4.48. The van der Waals surface area contributed by atoms with Gasteiger partial charge in [-0.2, -0.15) is 5.26 Å². The molecule has 120 valence electrons. The SMILES string of the molecule is CCOc1ccc(/C=C2\Oc3cc(OCC#N)ccc3C2=O)cc1. The monoisotopic (exact) mass is 321 g/mol. The van der Waals surface area contributed by atoms with Crippen molar-refractivity contribution in [2.75, 3.05) is 13.2 Å². The Hall–Kier alpha value is -3.26. The number of fused-ring (bicyclic) bond motifs is 1. The van der Waals surface area contributed by atoms with E-state index in [9.17, 15) is 4.79 Å². The van der Waals surface area contributed by atoms with Crippen LogP contribution in [0.25, 0.3) is 6.08 Å². The summed E-state index contributed by atoms with van der Waals surface area (Å²) in [4.78, 5) is 12.4. The van der Waals surface area contributed by atoms with E-state index in [0.717, 1.165) is 11.3 Å². The van der Waals surface area contributed by atoms with E-state index in [2.05, 4.69) is 0 Å². The van der Waals surface area contributed by atoms with E-state index in [0.29, 0.717) is 23.7 Å². The van der Waals surface area contributed by atoms with E-state index < -0.39 is 0 Å². The van der Waals surface area contributed by atoms with Crippen LogP contribution >= 0.6 is 0 Å². The van der Waals surface area contributed by atoms with Crippen molar-refractivity contribution in [1.82, 2.24) is 0 Å². The Bertz CT molecular complexity index is 831. The van der Waals surface area contributed by atoms with Gasteiger partial charge >= 0.3 is 0 Å². The lowest BCUT2D eigenvalue weighted by atomic mass is 10.1. The third-order valence-corrected chi connectivity index (χ3v) is 3.43. The molecular formula is C19H15NO4. The van der Waals surface area contributed by atoms with Crippen molar-refractivity contribution in [2.24, 2.45) is 0 Å². The molecule has 1 aliphatic heterocycles. The molecule has 3 rings (SSSR count). The van der Waals surface area contributed by atoms with Crippen LogP contribution in [0.3, 0.4) is 0 Å². The summed E-state index contributed by atoms with van der Waals surface area (Å²) in [5.41, 5.74) is 1.33. The Morgan fingerprint density at radius 2 is 1.88 bits per heavy atom. The normalized spacial score (nSPS) is 14.0. The molecule has 2 aromatic rings. The fourth-order valence-electron chi connectivity index (χ4n) is 2.35. The largest absolute Gasteiger partial charge is 0.494 e. The minimum atomic E-state index is -0.175. The molecule has 0 unspecified atom stereocenters. The van der Waals surface area contributed by atoms with Gasteiger partial charge in [-0.05, 0) is 42.8 Å². The van der Waals surface area contributed by atoms with Crippen molar-refractivity contribution < 1.29 is 19.0 Å². The van der Waals surface area contributed by atoms with Gasteiger partial charge in [0.2, 0.25) is 5.78 Å². The van der Waals surface area contributed by atoms with Crippen molar-refractivity contribution in [2.45, 2.75) is 6.92 Å². The lowest BCUT2D eigenvalue weighted by Crippen LogP contribution is -1.98. The minimum Gasteiger partial charge on any atom is -0.494 e. The number of nitriles is 1. The maximum Gasteiger partial charge on any atom is 0.231 e. The van der Waals surface area contributed by atoms with E-state index in [1.165, 1.54) is 0 Å². The van der Waals surface area contributed by atoms with E-state index >= 15 is 0 Å². The zero-order chi connectivity index (χ0) is 16.9. The van der Waals surface area contributed by atoms with Gasteiger partial charge in [-0.25, -0.2) is 0 Å². The fourth-order valence-corrected chi connectivity index (χ4v) is 2.35. The van der Waals surface area contributed by atoms with E-state index in [1.54, 1.807) is 24.3 Å².